The molecule has 1 aromatic carbocycles. The Balaban J connectivity index is 2.09. The molecule has 4 heteroatoms. The van der Waals surface area contributed by atoms with Crippen LogP contribution in [0.5, 0.6) is 0 Å². The van der Waals surface area contributed by atoms with Crippen molar-refractivity contribution in [2.45, 2.75) is 26.2 Å². The van der Waals surface area contributed by atoms with E-state index in [2.05, 4.69) is 27.5 Å². The number of hydrogen-bond donors (Lipinski definition) is 0. The summed E-state index contributed by atoms with van der Waals surface area (Å²) in [6.07, 6.45) is 3.76. The first-order chi connectivity index (χ1) is 10.8. The summed E-state index contributed by atoms with van der Waals surface area (Å²) in [5.41, 5.74) is 4.49. The molecule has 3 heterocycles. The van der Waals surface area contributed by atoms with E-state index in [1.807, 2.05) is 25.1 Å². The number of benzene rings is 1. The first-order valence-electron chi connectivity index (χ1n) is 7.85. The van der Waals surface area contributed by atoms with Crippen LogP contribution in [-0.2, 0) is 0 Å². The van der Waals surface area contributed by atoms with E-state index in [9.17, 15) is 5.26 Å². The van der Waals surface area contributed by atoms with Gasteiger partial charge in [0.25, 0.3) is 0 Å². The van der Waals surface area contributed by atoms with Crippen LogP contribution < -0.4 is 4.90 Å². The number of nitriles is 1. The van der Waals surface area contributed by atoms with Gasteiger partial charge in [0.15, 0.2) is 5.65 Å². The van der Waals surface area contributed by atoms with E-state index >= 15 is 0 Å². The summed E-state index contributed by atoms with van der Waals surface area (Å²) in [4.78, 5) is 7.15. The first kappa shape index (κ1) is 13.1. The standard InChI is InChI=1S/C18H18N4/c1-13-11-17(21-9-5-2-6-10-21)22-16-8-4-3-7-15(16)20-18(22)14(13)12-19/h3-4,7-8,11H,2,5-6,9-10H2,1H3. The Morgan fingerprint density at radius 2 is 1.91 bits per heavy atom. The number of aromatic nitrogens is 2. The summed E-state index contributed by atoms with van der Waals surface area (Å²) in [5.74, 6) is 1.17. The molecular formula is C18H18N4. The van der Waals surface area contributed by atoms with E-state index in [1.54, 1.807) is 0 Å². The van der Waals surface area contributed by atoms with Crippen LogP contribution >= 0.6 is 0 Å². The molecule has 4 rings (SSSR count). The van der Waals surface area contributed by atoms with Crippen LogP contribution in [0.25, 0.3) is 16.7 Å². The molecule has 0 unspecified atom stereocenters. The highest BCUT2D eigenvalue weighted by atomic mass is 15.2. The van der Waals surface area contributed by atoms with Crippen molar-refractivity contribution in [1.29, 1.82) is 5.26 Å². The molecule has 0 saturated carbocycles. The fourth-order valence-electron chi connectivity index (χ4n) is 3.43. The van der Waals surface area contributed by atoms with E-state index in [0.717, 1.165) is 35.3 Å². The van der Waals surface area contributed by atoms with E-state index in [0.29, 0.717) is 5.56 Å². The van der Waals surface area contributed by atoms with Crippen LogP contribution in [0.4, 0.5) is 5.82 Å². The van der Waals surface area contributed by atoms with Gasteiger partial charge in [0.05, 0.1) is 16.6 Å². The van der Waals surface area contributed by atoms with Crippen molar-refractivity contribution < 1.29 is 0 Å². The largest absolute Gasteiger partial charge is 0.358 e. The lowest BCUT2D eigenvalue weighted by molar-refractivity contribution is 0.572. The van der Waals surface area contributed by atoms with Gasteiger partial charge in [0, 0.05) is 13.1 Å². The van der Waals surface area contributed by atoms with E-state index in [1.165, 1.54) is 25.1 Å². The summed E-state index contributed by atoms with van der Waals surface area (Å²) < 4.78 is 2.16. The Kier molecular flexibility index (Phi) is 3.00. The van der Waals surface area contributed by atoms with Crippen molar-refractivity contribution in [2.24, 2.45) is 0 Å². The number of rotatable bonds is 1. The maximum Gasteiger partial charge on any atom is 0.157 e. The third kappa shape index (κ3) is 1.86. The predicted octanol–water partition coefficient (Wildman–Crippen LogP) is 3.66. The molecule has 110 valence electrons. The van der Waals surface area contributed by atoms with Crippen LogP contribution in [0.15, 0.2) is 30.3 Å². The summed E-state index contributed by atoms with van der Waals surface area (Å²) in [6, 6.07) is 12.6. The maximum atomic E-state index is 9.53. The second-order valence-corrected chi connectivity index (χ2v) is 5.98. The minimum absolute atomic E-state index is 0.678. The van der Waals surface area contributed by atoms with Gasteiger partial charge in [-0.05, 0) is 49.9 Å². The fourth-order valence-corrected chi connectivity index (χ4v) is 3.43. The zero-order chi connectivity index (χ0) is 15.1. The third-order valence-electron chi connectivity index (χ3n) is 4.55. The Hall–Kier alpha value is -2.54. The molecule has 1 saturated heterocycles. The molecule has 0 N–H and O–H groups in total. The molecular weight excluding hydrogens is 272 g/mol. The minimum Gasteiger partial charge on any atom is -0.358 e. The van der Waals surface area contributed by atoms with Gasteiger partial charge in [0.2, 0.25) is 0 Å². The highest BCUT2D eigenvalue weighted by molar-refractivity contribution is 5.85. The molecule has 0 radical (unpaired) electrons. The van der Waals surface area contributed by atoms with Crippen molar-refractivity contribution >= 4 is 22.5 Å². The van der Waals surface area contributed by atoms with Crippen LogP contribution in [0, 0.1) is 18.3 Å². The minimum atomic E-state index is 0.678. The van der Waals surface area contributed by atoms with Gasteiger partial charge in [-0.3, -0.25) is 4.40 Å². The molecule has 1 fully saturated rings. The maximum absolute atomic E-state index is 9.53. The molecule has 1 aliphatic heterocycles. The molecule has 4 nitrogen and oxygen atoms in total. The zero-order valence-electron chi connectivity index (χ0n) is 12.7. The van der Waals surface area contributed by atoms with Gasteiger partial charge in [-0.15, -0.1) is 0 Å². The molecule has 0 amide bonds. The Labute approximate surface area is 129 Å². The lowest BCUT2D eigenvalue weighted by Crippen LogP contribution is -2.31. The van der Waals surface area contributed by atoms with Gasteiger partial charge in [-0.25, -0.2) is 4.98 Å². The number of nitrogens with zero attached hydrogens (tertiary/aromatic N) is 4. The van der Waals surface area contributed by atoms with Crippen LogP contribution in [-0.4, -0.2) is 22.5 Å². The number of hydrogen-bond acceptors (Lipinski definition) is 3. The molecule has 1 aliphatic rings. The fraction of sp³-hybridized carbons (Fsp3) is 0.333. The second kappa shape index (κ2) is 5.03. The van der Waals surface area contributed by atoms with E-state index in [-0.39, 0.29) is 0 Å². The van der Waals surface area contributed by atoms with Crippen molar-refractivity contribution in [2.75, 3.05) is 18.0 Å². The molecule has 0 atom stereocenters. The predicted molar refractivity (Wildman–Crippen MR) is 88.2 cm³/mol. The Morgan fingerprint density at radius 3 is 2.68 bits per heavy atom. The lowest BCUT2D eigenvalue weighted by Gasteiger charge is -2.30. The van der Waals surface area contributed by atoms with E-state index in [4.69, 9.17) is 4.98 Å². The van der Waals surface area contributed by atoms with Gasteiger partial charge < -0.3 is 4.90 Å². The normalized spacial score (nSPS) is 15.4. The number of pyridine rings is 1. The van der Waals surface area contributed by atoms with Gasteiger partial charge in [-0.2, -0.15) is 5.26 Å². The van der Waals surface area contributed by atoms with Crippen molar-refractivity contribution in [3.63, 3.8) is 0 Å². The first-order valence-corrected chi connectivity index (χ1v) is 7.85. The number of para-hydroxylation sites is 2. The molecule has 22 heavy (non-hydrogen) atoms. The molecule has 0 aliphatic carbocycles. The molecule has 0 spiro atoms. The SMILES string of the molecule is Cc1cc(N2CCCCC2)n2c(nc3ccccc32)c1C#N. The quantitative estimate of drug-likeness (QED) is 0.687. The van der Waals surface area contributed by atoms with Gasteiger partial charge in [0.1, 0.15) is 11.9 Å². The number of anilines is 1. The monoisotopic (exact) mass is 290 g/mol. The molecule has 0 bridgehead atoms. The second-order valence-electron chi connectivity index (χ2n) is 5.98. The van der Waals surface area contributed by atoms with Gasteiger partial charge in [-0.1, -0.05) is 12.1 Å². The summed E-state index contributed by atoms with van der Waals surface area (Å²) >= 11 is 0. The number of aryl methyl sites for hydroxylation is 1. The number of piperidine rings is 1. The summed E-state index contributed by atoms with van der Waals surface area (Å²) in [7, 11) is 0. The lowest BCUT2D eigenvalue weighted by atomic mass is 10.1. The highest BCUT2D eigenvalue weighted by Crippen LogP contribution is 2.30. The topological polar surface area (TPSA) is 44.3 Å². The zero-order valence-corrected chi connectivity index (χ0v) is 12.7. The Morgan fingerprint density at radius 1 is 1.14 bits per heavy atom. The van der Waals surface area contributed by atoms with Crippen molar-refractivity contribution in [3.8, 4) is 6.07 Å². The van der Waals surface area contributed by atoms with E-state index < -0.39 is 0 Å². The highest BCUT2D eigenvalue weighted by Gasteiger charge is 2.19. The van der Waals surface area contributed by atoms with Crippen molar-refractivity contribution in [1.82, 2.24) is 9.38 Å². The molecule has 2 aromatic heterocycles. The van der Waals surface area contributed by atoms with Crippen LogP contribution in [0.3, 0.4) is 0 Å². The van der Waals surface area contributed by atoms with Crippen LogP contribution in [0.1, 0.15) is 30.4 Å². The summed E-state index contributed by atoms with van der Waals surface area (Å²) in [5, 5.41) is 9.53. The smallest absolute Gasteiger partial charge is 0.157 e. The van der Waals surface area contributed by atoms with Gasteiger partial charge >= 0.3 is 0 Å². The molecule has 3 aromatic rings. The van der Waals surface area contributed by atoms with Crippen LogP contribution in [0.2, 0.25) is 0 Å². The number of fused-ring (bicyclic) bond motifs is 3. The van der Waals surface area contributed by atoms with Crippen molar-refractivity contribution in [3.05, 3.63) is 41.5 Å². The Bertz CT molecular complexity index is 895. The number of imidazole rings is 1. The third-order valence-corrected chi connectivity index (χ3v) is 4.55. The summed E-state index contributed by atoms with van der Waals surface area (Å²) in [6.45, 7) is 4.16. The average Bonchev–Trinajstić information content (AvgIpc) is 2.94. The average molecular weight is 290 g/mol.